The molecule has 39 heavy (non-hydrogen) atoms. The van der Waals surface area contributed by atoms with E-state index in [2.05, 4.69) is 20.8 Å². The zero-order chi connectivity index (χ0) is 30.0. The van der Waals surface area contributed by atoms with Gasteiger partial charge in [0, 0.05) is 33.8 Å². The van der Waals surface area contributed by atoms with Crippen LogP contribution in [-0.2, 0) is 56.8 Å². The monoisotopic (exact) mass is 574 g/mol. The van der Waals surface area contributed by atoms with Gasteiger partial charge in [0.25, 0.3) is 8.32 Å². The summed E-state index contributed by atoms with van der Waals surface area (Å²) in [5.41, 5.74) is 0. The molecule has 1 aliphatic heterocycles. The molecular formula is C26H42O12Si. The van der Waals surface area contributed by atoms with Gasteiger partial charge >= 0.3 is 23.9 Å². The number of esters is 4. The molecule has 1 heterocycles. The summed E-state index contributed by atoms with van der Waals surface area (Å²) in [6, 6.07) is 0. The number of rotatable bonds is 12. The number of carbonyl (C=O) groups is 4. The summed E-state index contributed by atoms with van der Waals surface area (Å²) < 4.78 is 44.8. The minimum atomic E-state index is -2.33. The Hall–Kier alpha value is -3.06. The molecule has 222 valence electrons. The van der Waals surface area contributed by atoms with Crippen molar-refractivity contribution in [2.45, 2.75) is 104 Å². The first-order valence-corrected chi connectivity index (χ1v) is 15.5. The van der Waals surface area contributed by atoms with Gasteiger partial charge in [0.15, 0.2) is 12.2 Å². The molecule has 0 saturated carbocycles. The lowest BCUT2D eigenvalue weighted by atomic mass is 9.98. The third kappa shape index (κ3) is 11.3. The van der Waals surface area contributed by atoms with Crippen LogP contribution in [0.4, 0.5) is 0 Å². The Morgan fingerprint density at radius 2 is 1.38 bits per heavy atom. The number of hydrogen-bond donors (Lipinski definition) is 0. The van der Waals surface area contributed by atoms with Crippen molar-refractivity contribution in [2.75, 3.05) is 13.2 Å². The van der Waals surface area contributed by atoms with Crippen LogP contribution in [0.15, 0.2) is 24.4 Å². The zero-order valence-electron chi connectivity index (χ0n) is 24.4. The predicted molar refractivity (Wildman–Crippen MR) is 140 cm³/mol. The molecule has 0 aromatic carbocycles. The molecule has 0 aromatic rings. The van der Waals surface area contributed by atoms with Crippen molar-refractivity contribution in [3.05, 3.63) is 24.4 Å². The van der Waals surface area contributed by atoms with Crippen molar-refractivity contribution in [2.24, 2.45) is 0 Å². The summed E-state index contributed by atoms with van der Waals surface area (Å²) in [7, 11) is -2.33. The van der Waals surface area contributed by atoms with Crippen LogP contribution >= 0.6 is 0 Å². The van der Waals surface area contributed by atoms with Gasteiger partial charge in [-0.05, 0) is 25.1 Å². The molecule has 0 bridgehead atoms. The first-order chi connectivity index (χ1) is 18.0. The van der Waals surface area contributed by atoms with Gasteiger partial charge in [-0.15, -0.1) is 0 Å². The van der Waals surface area contributed by atoms with Gasteiger partial charge in [0.1, 0.15) is 24.7 Å². The highest BCUT2D eigenvalue weighted by Gasteiger charge is 2.53. The maximum absolute atomic E-state index is 12.0. The normalized spacial score (nSPS) is 23.9. The predicted octanol–water partition coefficient (Wildman–Crippen LogP) is 3.50. The second-order valence-electron chi connectivity index (χ2n) is 10.3. The Morgan fingerprint density at radius 3 is 1.87 bits per heavy atom. The lowest BCUT2D eigenvalue weighted by molar-refractivity contribution is -0.297. The lowest BCUT2D eigenvalue weighted by Gasteiger charge is -2.43. The highest BCUT2D eigenvalue weighted by molar-refractivity contribution is 6.74. The van der Waals surface area contributed by atoms with Crippen molar-refractivity contribution in [3.8, 4) is 0 Å². The topological polar surface area (TPSA) is 142 Å². The van der Waals surface area contributed by atoms with Crippen LogP contribution in [0.5, 0.6) is 0 Å². The third-order valence-electron chi connectivity index (χ3n) is 5.94. The van der Waals surface area contributed by atoms with E-state index in [0.29, 0.717) is 12.4 Å². The number of carbonyl (C=O) groups excluding carboxylic acids is 4. The van der Waals surface area contributed by atoms with E-state index in [-0.39, 0.29) is 11.6 Å². The average Bonchev–Trinajstić information content (AvgIpc) is 2.77. The van der Waals surface area contributed by atoms with Crippen LogP contribution in [0.2, 0.25) is 18.1 Å². The van der Waals surface area contributed by atoms with E-state index in [1.54, 1.807) is 6.08 Å². The maximum Gasteiger partial charge on any atom is 0.303 e. The van der Waals surface area contributed by atoms with Crippen molar-refractivity contribution < 1.29 is 56.8 Å². The average molecular weight is 575 g/mol. The molecule has 13 heteroatoms. The highest BCUT2D eigenvalue weighted by Crippen LogP contribution is 2.38. The molecule has 0 aliphatic carbocycles. The molecule has 0 N–H and O–H groups in total. The highest BCUT2D eigenvalue weighted by atomic mass is 28.4. The SMILES string of the molecule is CCO/C=C/C(=C/O[C@@H]1O[C@H](COC(C)=O)[C@H](OC(C)=O)[C@H](OC(C)=O)[C@H]1OC(C)=O)O[Si](C)(C)C(C)(C)C. The van der Waals surface area contributed by atoms with Crippen molar-refractivity contribution >= 4 is 32.2 Å². The van der Waals surface area contributed by atoms with Gasteiger partial charge in [-0.3, -0.25) is 19.2 Å². The van der Waals surface area contributed by atoms with Crippen molar-refractivity contribution in [3.63, 3.8) is 0 Å². The molecule has 0 amide bonds. The Balaban J connectivity index is 3.52. The molecule has 1 fully saturated rings. The number of hydrogen-bond acceptors (Lipinski definition) is 12. The van der Waals surface area contributed by atoms with Gasteiger partial charge in [-0.2, -0.15) is 0 Å². The molecular weight excluding hydrogens is 532 g/mol. The molecule has 0 aromatic heterocycles. The smallest absolute Gasteiger partial charge is 0.303 e. The fourth-order valence-corrected chi connectivity index (χ4v) is 4.20. The van der Waals surface area contributed by atoms with E-state index in [0.717, 1.165) is 20.8 Å². The number of allylic oxidation sites excluding steroid dienone is 1. The quantitative estimate of drug-likeness (QED) is 0.111. The molecule has 0 radical (unpaired) electrons. The van der Waals surface area contributed by atoms with Gasteiger partial charge in [-0.1, -0.05) is 20.8 Å². The largest absolute Gasteiger partial charge is 0.541 e. The first-order valence-electron chi connectivity index (χ1n) is 12.6. The first kappa shape index (κ1) is 34.0. The van der Waals surface area contributed by atoms with Crippen molar-refractivity contribution in [1.29, 1.82) is 0 Å². The van der Waals surface area contributed by atoms with Crippen LogP contribution in [-0.4, -0.2) is 76.1 Å². The fourth-order valence-electron chi connectivity index (χ4n) is 3.19. The summed E-state index contributed by atoms with van der Waals surface area (Å²) in [4.78, 5) is 47.4. The van der Waals surface area contributed by atoms with Gasteiger partial charge in [0.2, 0.25) is 12.4 Å². The van der Waals surface area contributed by atoms with E-state index >= 15 is 0 Å². The minimum Gasteiger partial charge on any atom is -0.541 e. The Labute approximate surface area is 231 Å². The van der Waals surface area contributed by atoms with Crippen LogP contribution < -0.4 is 0 Å². The lowest BCUT2D eigenvalue weighted by Crippen LogP contribution is -2.62. The Morgan fingerprint density at radius 1 is 0.846 bits per heavy atom. The van der Waals surface area contributed by atoms with E-state index in [1.807, 2.05) is 20.0 Å². The van der Waals surface area contributed by atoms with E-state index in [1.165, 1.54) is 19.4 Å². The fraction of sp³-hybridized carbons (Fsp3) is 0.692. The van der Waals surface area contributed by atoms with Crippen LogP contribution in [0, 0.1) is 0 Å². The van der Waals surface area contributed by atoms with E-state index < -0.39 is 62.9 Å². The van der Waals surface area contributed by atoms with Crippen LogP contribution in [0.3, 0.4) is 0 Å². The molecule has 0 spiro atoms. The third-order valence-corrected chi connectivity index (χ3v) is 10.3. The molecule has 12 nitrogen and oxygen atoms in total. The number of ether oxygens (including phenoxy) is 7. The molecule has 1 rings (SSSR count). The molecule has 1 saturated heterocycles. The molecule has 1 aliphatic rings. The summed E-state index contributed by atoms with van der Waals surface area (Å²) in [5.74, 6) is -2.50. The Bertz CT molecular complexity index is 920. The summed E-state index contributed by atoms with van der Waals surface area (Å²) in [5, 5.41) is -0.139. The molecule has 0 unspecified atom stereocenters. The van der Waals surface area contributed by atoms with Crippen LogP contribution in [0.25, 0.3) is 0 Å². The summed E-state index contributed by atoms with van der Waals surface area (Å²) >= 11 is 0. The minimum absolute atomic E-state index is 0.139. The standard InChI is InChI=1S/C26H42O12Si/c1-11-31-13-12-20(38-39(9,10)26(6,7)8)14-33-25-24(36-19(5)30)23(35-18(4)29)22(34-17(3)28)21(37-25)15-32-16(2)27/h12-14,21-25H,11,15H2,1-10H3/b13-12+,20-14-/t21-,22+,23+,24-,25-/m1/s1. The van der Waals surface area contributed by atoms with Gasteiger partial charge in [0.05, 0.1) is 12.9 Å². The van der Waals surface area contributed by atoms with E-state index in [4.69, 9.17) is 37.6 Å². The van der Waals surface area contributed by atoms with Gasteiger partial charge < -0.3 is 37.6 Å². The maximum atomic E-state index is 12.0. The van der Waals surface area contributed by atoms with E-state index in [9.17, 15) is 19.2 Å². The van der Waals surface area contributed by atoms with Gasteiger partial charge in [-0.25, -0.2) is 0 Å². The summed E-state index contributed by atoms with van der Waals surface area (Å²) in [6.45, 7) is 16.9. The second-order valence-corrected chi connectivity index (χ2v) is 15.1. The zero-order valence-corrected chi connectivity index (χ0v) is 25.4. The summed E-state index contributed by atoms with van der Waals surface area (Å²) in [6.07, 6.45) is -2.17. The van der Waals surface area contributed by atoms with Crippen molar-refractivity contribution in [1.82, 2.24) is 0 Å². The second kappa shape index (κ2) is 14.9. The van der Waals surface area contributed by atoms with Crippen LogP contribution in [0.1, 0.15) is 55.4 Å². The Kier molecular flexibility index (Phi) is 13.0. The molecule has 5 atom stereocenters.